The highest BCUT2D eigenvalue weighted by Crippen LogP contribution is 2.04. The SMILES string of the molecule is CCCC(C)COCCl. The zero-order valence-corrected chi connectivity index (χ0v) is 6.95. The lowest BCUT2D eigenvalue weighted by Gasteiger charge is -2.07. The molecule has 0 aliphatic carbocycles. The second kappa shape index (κ2) is 6.37. The summed E-state index contributed by atoms with van der Waals surface area (Å²) in [6.07, 6.45) is 2.46. The Kier molecular flexibility index (Phi) is 6.55. The van der Waals surface area contributed by atoms with Crippen molar-refractivity contribution < 1.29 is 4.74 Å². The van der Waals surface area contributed by atoms with E-state index in [1.54, 1.807) is 0 Å². The smallest absolute Gasteiger partial charge is 0.120 e. The van der Waals surface area contributed by atoms with Crippen molar-refractivity contribution in [1.29, 1.82) is 0 Å². The normalized spacial score (nSPS) is 13.7. The molecule has 0 spiro atoms. The zero-order chi connectivity index (χ0) is 7.11. The maximum Gasteiger partial charge on any atom is 0.120 e. The Morgan fingerprint density at radius 2 is 2.22 bits per heavy atom. The van der Waals surface area contributed by atoms with Crippen LogP contribution in [0, 0.1) is 5.92 Å². The molecule has 0 saturated heterocycles. The first-order valence-corrected chi connectivity index (χ1v) is 3.98. The number of ether oxygens (including phenoxy) is 1. The molecule has 0 aliphatic rings. The minimum atomic E-state index is 0.327. The number of alkyl halides is 1. The molecule has 2 heteroatoms. The lowest BCUT2D eigenvalue weighted by molar-refractivity contribution is 0.139. The lowest BCUT2D eigenvalue weighted by atomic mass is 10.1. The molecule has 1 atom stereocenters. The summed E-state index contributed by atoms with van der Waals surface area (Å²) in [6.45, 7) is 5.16. The monoisotopic (exact) mass is 150 g/mol. The van der Waals surface area contributed by atoms with Crippen LogP contribution >= 0.6 is 11.6 Å². The van der Waals surface area contributed by atoms with Crippen LogP contribution < -0.4 is 0 Å². The molecule has 0 aromatic rings. The Morgan fingerprint density at radius 3 is 2.67 bits per heavy atom. The number of hydrogen-bond acceptors (Lipinski definition) is 1. The van der Waals surface area contributed by atoms with Crippen molar-refractivity contribution in [1.82, 2.24) is 0 Å². The summed E-state index contributed by atoms with van der Waals surface area (Å²) in [5, 5.41) is 0. The van der Waals surface area contributed by atoms with Gasteiger partial charge in [-0.3, -0.25) is 0 Å². The van der Waals surface area contributed by atoms with Gasteiger partial charge in [-0.15, -0.1) is 0 Å². The standard InChI is InChI=1S/C7H15ClO/c1-3-4-7(2)5-9-6-8/h7H,3-6H2,1-2H3. The van der Waals surface area contributed by atoms with E-state index >= 15 is 0 Å². The maximum atomic E-state index is 5.32. The molecular formula is C7H15ClO. The molecule has 0 aromatic carbocycles. The summed E-state index contributed by atoms with van der Waals surface area (Å²) >= 11 is 5.32. The largest absolute Gasteiger partial charge is 0.365 e. The summed E-state index contributed by atoms with van der Waals surface area (Å²) < 4.78 is 5.01. The highest BCUT2D eigenvalue weighted by Gasteiger charge is 1.98. The van der Waals surface area contributed by atoms with Crippen LogP contribution in [0.1, 0.15) is 26.7 Å². The predicted molar refractivity (Wildman–Crippen MR) is 40.7 cm³/mol. The number of hydrogen-bond donors (Lipinski definition) is 0. The van der Waals surface area contributed by atoms with Crippen LogP contribution in [-0.2, 0) is 4.74 Å². The fourth-order valence-electron chi connectivity index (χ4n) is 0.822. The van der Waals surface area contributed by atoms with Gasteiger partial charge in [-0.1, -0.05) is 31.9 Å². The second-order valence-electron chi connectivity index (χ2n) is 2.37. The topological polar surface area (TPSA) is 9.23 Å². The molecule has 0 aromatic heterocycles. The molecule has 0 heterocycles. The van der Waals surface area contributed by atoms with Gasteiger partial charge < -0.3 is 4.74 Å². The second-order valence-corrected chi connectivity index (χ2v) is 2.59. The van der Waals surface area contributed by atoms with Gasteiger partial charge in [0.25, 0.3) is 0 Å². The summed E-state index contributed by atoms with van der Waals surface area (Å²) in [5.41, 5.74) is 0. The number of halogens is 1. The van der Waals surface area contributed by atoms with Crippen LogP contribution in [0.25, 0.3) is 0 Å². The molecule has 0 fully saturated rings. The molecule has 0 N–H and O–H groups in total. The predicted octanol–water partition coefficient (Wildman–Crippen LogP) is 2.64. The van der Waals surface area contributed by atoms with E-state index < -0.39 is 0 Å². The molecule has 0 aliphatic heterocycles. The quantitative estimate of drug-likeness (QED) is 0.548. The average Bonchev–Trinajstić information content (AvgIpc) is 1.85. The van der Waals surface area contributed by atoms with E-state index in [1.807, 2.05) is 0 Å². The van der Waals surface area contributed by atoms with E-state index in [-0.39, 0.29) is 0 Å². The third-order valence-corrected chi connectivity index (χ3v) is 1.42. The third kappa shape index (κ3) is 6.13. The van der Waals surface area contributed by atoms with Gasteiger partial charge in [0.15, 0.2) is 0 Å². The van der Waals surface area contributed by atoms with Gasteiger partial charge in [-0.25, -0.2) is 0 Å². The first-order chi connectivity index (χ1) is 4.31. The van der Waals surface area contributed by atoms with Crippen molar-refractivity contribution >= 4 is 11.6 Å². The molecule has 0 radical (unpaired) electrons. The molecule has 0 saturated carbocycles. The maximum absolute atomic E-state index is 5.32. The molecule has 0 rings (SSSR count). The van der Waals surface area contributed by atoms with Crippen molar-refractivity contribution in [2.45, 2.75) is 26.7 Å². The van der Waals surface area contributed by atoms with Crippen LogP contribution in [-0.4, -0.2) is 12.7 Å². The van der Waals surface area contributed by atoms with Gasteiger partial charge in [-0.2, -0.15) is 0 Å². The van der Waals surface area contributed by atoms with Crippen LogP contribution in [0.2, 0.25) is 0 Å². The Balaban J connectivity index is 2.95. The molecule has 9 heavy (non-hydrogen) atoms. The fraction of sp³-hybridized carbons (Fsp3) is 1.00. The van der Waals surface area contributed by atoms with Gasteiger partial charge in [0.2, 0.25) is 0 Å². The van der Waals surface area contributed by atoms with E-state index in [2.05, 4.69) is 13.8 Å². The molecule has 0 bridgehead atoms. The van der Waals surface area contributed by atoms with Gasteiger partial charge in [0, 0.05) is 0 Å². The Morgan fingerprint density at radius 1 is 1.56 bits per heavy atom. The molecule has 56 valence electrons. The van der Waals surface area contributed by atoms with E-state index in [1.165, 1.54) is 12.8 Å². The fourth-order valence-corrected chi connectivity index (χ4v) is 0.911. The highest BCUT2D eigenvalue weighted by molar-refractivity contribution is 6.17. The van der Waals surface area contributed by atoms with E-state index in [0.717, 1.165) is 6.61 Å². The summed E-state index contributed by atoms with van der Waals surface area (Å²) in [4.78, 5) is 0. The zero-order valence-electron chi connectivity index (χ0n) is 6.19. The van der Waals surface area contributed by atoms with Crippen LogP contribution in [0.3, 0.4) is 0 Å². The van der Waals surface area contributed by atoms with Crippen LogP contribution in [0.5, 0.6) is 0 Å². The molecule has 0 amide bonds. The molecule has 1 nitrogen and oxygen atoms in total. The summed E-state index contributed by atoms with van der Waals surface area (Å²) in [6, 6.07) is 0.327. The van der Waals surface area contributed by atoms with E-state index in [0.29, 0.717) is 12.0 Å². The molecular weight excluding hydrogens is 136 g/mol. The van der Waals surface area contributed by atoms with Crippen LogP contribution in [0.4, 0.5) is 0 Å². The first-order valence-electron chi connectivity index (χ1n) is 3.45. The Hall–Kier alpha value is 0.250. The Labute approximate surface area is 62.3 Å². The lowest BCUT2D eigenvalue weighted by Crippen LogP contribution is -2.03. The van der Waals surface area contributed by atoms with E-state index in [9.17, 15) is 0 Å². The minimum Gasteiger partial charge on any atom is -0.365 e. The van der Waals surface area contributed by atoms with Gasteiger partial charge in [0.1, 0.15) is 6.07 Å². The van der Waals surface area contributed by atoms with Gasteiger partial charge >= 0.3 is 0 Å². The highest BCUT2D eigenvalue weighted by atomic mass is 35.5. The van der Waals surface area contributed by atoms with Crippen molar-refractivity contribution in [2.24, 2.45) is 5.92 Å². The first kappa shape index (κ1) is 9.25. The number of rotatable bonds is 5. The van der Waals surface area contributed by atoms with Gasteiger partial charge in [0.05, 0.1) is 6.61 Å². The summed E-state index contributed by atoms with van der Waals surface area (Å²) in [5.74, 6) is 0.661. The van der Waals surface area contributed by atoms with Crippen molar-refractivity contribution in [3.05, 3.63) is 0 Å². The van der Waals surface area contributed by atoms with Crippen molar-refractivity contribution in [3.8, 4) is 0 Å². The van der Waals surface area contributed by atoms with Crippen LogP contribution in [0.15, 0.2) is 0 Å². The van der Waals surface area contributed by atoms with Gasteiger partial charge in [-0.05, 0) is 12.3 Å². The summed E-state index contributed by atoms with van der Waals surface area (Å²) in [7, 11) is 0. The Bertz CT molecular complexity index is 56.9. The third-order valence-electron chi connectivity index (χ3n) is 1.26. The van der Waals surface area contributed by atoms with E-state index in [4.69, 9.17) is 16.3 Å². The minimum absolute atomic E-state index is 0.327. The average molecular weight is 151 g/mol. The van der Waals surface area contributed by atoms with Crippen molar-refractivity contribution in [3.63, 3.8) is 0 Å². The van der Waals surface area contributed by atoms with Crippen molar-refractivity contribution in [2.75, 3.05) is 12.7 Å². The molecule has 1 unspecified atom stereocenters.